The van der Waals surface area contributed by atoms with Gasteiger partial charge in [-0.05, 0) is 67.3 Å². The van der Waals surface area contributed by atoms with Crippen LogP contribution in [-0.2, 0) is 17.6 Å². The Kier molecular flexibility index (Phi) is 6.32. The fourth-order valence-corrected chi connectivity index (χ4v) is 3.64. The highest BCUT2D eigenvalue weighted by molar-refractivity contribution is 5.81. The zero-order valence-electron chi connectivity index (χ0n) is 15.8. The van der Waals surface area contributed by atoms with Crippen LogP contribution in [0.1, 0.15) is 62.3 Å². The molecule has 26 heavy (non-hydrogen) atoms. The Morgan fingerprint density at radius 1 is 1.00 bits per heavy atom. The fraction of sp³-hybridized carbons (Fsp3) is 0.435. The average molecular weight is 351 g/mol. The minimum Gasteiger partial charge on any atom is -0.481 e. The molecule has 1 aliphatic rings. The molecule has 2 aromatic carbocycles. The number of hydrogen-bond acceptors (Lipinski definition) is 2. The Morgan fingerprint density at radius 3 is 2.42 bits per heavy atom. The van der Waals surface area contributed by atoms with Crippen LogP contribution in [0.3, 0.4) is 0 Å². The Morgan fingerprint density at radius 2 is 1.73 bits per heavy atom. The standard InChI is InChI=1S/C23H29NO2/c1-3-21(19-15-14-17-10-8-9-11-18(17)16-19)24-23(25)22(4-2)26-20-12-6-5-7-13-20/h5-7,12-16,21-22H,3-4,8-11H2,1-2H3,(H,24,25)/t21-,22-/m1/s1. The van der Waals surface area contributed by atoms with Gasteiger partial charge in [0.15, 0.2) is 6.10 Å². The summed E-state index contributed by atoms with van der Waals surface area (Å²) >= 11 is 0. The third kappa shape index (κ3) is 4.46. The second-order valence-electron chi connectivity index (χ2n) is 7.03. The highest BCUT2D eigenvalue weighted by Gasteiger charge is 2.22. The molecule has 0 saturated heterocycles. The van der Waals surface area contributed by atoms with E-state index in [1.54, 1.807) is 0 Å². The van der Waals surface area contributed by atoms with Crippen LogP contribution in [0, 0.1) is 0 Å². The van der Waals surface area contributed by atoms with E-state index in [4.69, 9.17) is 4.74 Å². The van der Waals surface area contributed by atoms with Gasteiger partial charge in [0.1, 0.15) is 5.75 Å². The zero-order valence-corrected chi connectivity index (χ0v) is 15.8. The number of aryl methyl sites for hydroxylation is 2. The molecule has 3 nitrogen and oxygen atoms in total. The van der Waals surface area contributed by atoms with Crippen molar-refractivity contribution in [2.45, 2.75) is 64.5 Å². The third-order valence-corrected chi connectivity index (χ3v) is 5.18. The predicted molar refractivity (Wildman–Crippen MR) is 105 cm³/mol. The molecule has 0 bridgehead atoms. The van der Waals surface area contributed by atoms with E-state index in [0.29, 0.717) is 6.42 Å². The number of ether oxygens (including phenoxy) is 1. The van der Waals surface area contributed by atoms with Crippen LogP contribution >= 0.6 is 0 Å². The summed E-state index contributed by atoms with van der Waals surface area (Å²) in [7, 11) is 0. The monoisotopic (exact) mass is 351 g/mol. The second-order valence-corrected chi connectivity index (χ2v) is 7.03. The van der Waals surface area contributed by atoms with E-state index in [0.717, 1.165) is 18.6 Å². The lowest BCUT2D eigenvalue weighted by atomic mass is 9.88. The van der Waals surface area contributed by atoms with E-state index in [-0.39, 0.29) is 11.9 Å². The topological polar surface area (TPSA) is 38.3 Å². The van der Waals surface area contributed by atoms with E-state index >= 15 is 0 Å². The van der Waals surface area contributed by atoms with Crippen LogP contribution in [0.15, 0.2) is 48.5 Å². The van der Waals surface area contributed by atoms with Crippen molar-refractivity contribution >= 4 is 5.91 Å². The highest BCUT2D eigenvalue weighted by Crippen LogP contribution is 2.26. The van der Waals surface area contributed by atoms with Crippen LogP contribution in [-0.4, -0.2) is 12.0 Å². The lowest BCUT2D eigenvalue weighted by molar-refractivity contribution is -0.128. The van der Waals surface area contributed by atoms with E-state index in [9.17, 15) is 4.79 Å². The van der Waals surface area contributed by atoms with Crippen molar-refractivity contribution in [3.05, 3.63) is 65.2 Å². The molecule has 0 aromatic heterocycles. The van der Waals surface area contributed by atoms with Crippen LogP contribution in [0.25, 0.3) is 0 Å². The third-order valence-electron chi connectivity index (χ3n) is 5.18. The molecule has 0 aliphatic heterocycles. The first-order chi connectivity index (χ1) is 12.7. The summed E-state index contributed by atoms with van der Waals surface area (Å²) in [6, 6.07) is 16.3. The van der Waals surface area contributed by atoms with Gasteiger partial charge < -0.3 is 10.1 Å². The van der Waals surface area contributed by atoms with Crippen molar-refractivity contribution in [3.63, 3.8) is 0 Å². The molecule has 3 rings (SSSR count). The SMILES string of the molecule is CC[C@@H](Oc1ccccc1)C(=O)N[C@H](CC)c1ccc2c(c1)CCCC2. The summed E-state index contributed by atoms with van der Waals surface area (Å²) in [6.45, 7) is 4.09. The largest absolute Gasteiger partial charge is 0.481 e. The number of carbonyl (C=O) groups is 1. The highest BCUT2D eigenvalue weighted by atomic mass is 16.5. The summed E-state index contributed by atoms with van der Waals surface area (Å²) in [4.78, 5) is 12.8. The Balaban J connectivity index is 1.69. The van der Waals surface area contributed by atoms with E-state index in [2.05, 4.69) is 30.4 Å². The molecule has 0 radical (unpaired) electrons. The second kappa shape index (κ2) is 8.88. The number of carbonyl (C=O) groups excluding carboxylic acids is 1. The molecule has 138 valence electrons. The molecular formula is C23H29NO2. The van der Waals surface area contributed by atoms with E-state index in [1.807, 2.05) is 37.3 Å². The predicted octanol–water partition coefficient (Wildman–Crippen LogP) is 4.99. The van der Waals surface area contributed by atoms with Gasteiger partial charge in [-0.3, -0.25) is 4.79 Å². The molecular weight excluding hydrogens is 322 g/mol. The van der Waals surface area contributed by atoms with Crippen molar-refractivity contribution in [2.75, 3.05) is 0 Å². The molecule has 1 amide bonds. The zero-order chi connectivity index (χ0) is 18.4. The first-order valence-electron chi connectivity index (χ1n) is 9.85. The Labute approximate surface area is 156 Å². The number of benzene rings is 2. The first-order valence-corrected chi connectivity index (χ1v) is 9.85. The molecule has 3 heteroatoms. The van der Waals surface area contributed by atoms with Crippen molar-refractivity contribution in [3.8, 4) is 5.75 Å². The van der Waals surface area contributed by atoms with Crippen molar-refractivity contribution < 1.29 is 9.53 Å². The maximum absolute atomic E-state index is 12.8. The van der Waals surface area contributed by atoms with Gasteiger partial charge in [-0.25, -0.2) is 0 Å². The van der Waals surface area contributed by atoms with E-state index < -0.39 is 6.10 Å². The summed E-state index contributed by atoms with van der Waals surface area (Å²) in [6.07, 6.45) is 5.93. The average Bonchev–Trinajstić information content (AvgIpc) is 2.70. The molecule has 1 N–H and O–H groups in total. The Hall–Kier alpha value is -2.29. The van der Waals surface area contributed by atoms with Crippen LogP contribution in [0.5, 0.6) is 5.75 Å². The Bertz CT molecular complexity index is 726. The van der Waals surface area contributed by atoms with Crippen LogP contribution in [0.4, 0.5) is 0 Å². The minimum atomic E-state index is -0.468. The first kappa shape index (κ1) is 18.5. The number of hydrogen-bond donors (Lipinski definition) is 1. The number of nitrogens with one attached hydrogen (secondary N) is 1. The molecule has 0 spiro atoms. The van der Waals surface area contributed by atoms with Gasteiger partial charge in [-0.1, -0.05) is 50.2 Å². The minimum absolute atomic E-state index is 0.0307. The smallest absolute Gasteiger partial charge is 0.261 e. The number of fused-ring (bicyclic) bond motifs is 1. The van der Waals surface area contributed by atoms with Gasteiger partial charge in [0, 0.05) is 0 Å². The van der Waals surface area contributed by atoms with Crippen LogP contribution in [0.2, 0.25) is 0 Å². The van der Waals surface area contributed by atoms with Gasteiger partial charge in [0.25, 0.3) is 5.91 Å². The summed E-state index contributed by atoms with van der Waals surface area (Å²) < 4.78 is 5.89. The van der Waals surface area contributed by atoms with Crippen molar-refractivity contribution in [1.29, 1.82) is 0 Å². The van der Waals surface area contributed by atoms with Crippen molar-refractivity contribution in [2.24, 2.45) is 0 Å². The fourth-order valence-electron chi connectivity index (χ4n) is 3.64. The normalized spacial score (nSPS) is 15.6. The molecule has 2 aromatic rings. The number of para-hydroxylation sites is 1. The maximum atomic E-state index is 12.8. The molecule has 0 heterocycles. The quantitative estimate of drug-likeness (QED) is 0.763. The molecule has 1 aliphatic carbocycles. The molecule has 0 saturated carbocycles. The lowest BCUT2D eigenvalue weighted by Crippen LogP contribution is -2.40. The van der Waals surface area contributed by atoms with Gasteiger partial charge in [0.05, 0.1) is 6.04 Å². The lowest BCUT2D eigenvalue weighted by Gasteiger charge is -2.24. The number of rotatable bonds is 7. The summed E-state index contributed by atoms with van der Waals surface area (Å²) in [5.74, 6) is 0.692. The number of amides is 1. The van der Waals surface area contributed by atoms with E-state index in [1.165, 1.54) is 36.0 Å². The molecule has 0 fully saturated rings. The van der Waals surface area contributed by atoms with Crippen molar-refractivity contribution in [1.82, 2.24) is 5.32 Å². The summed E-state index contributed by atoms with van der Waals surface area (Å²) in [5, 5.41) is 3.20. The van der Waals surface area contributed by atoms with Crippen LogP contribution < -0.4 is 10.1 Å². The van der Waals surface area contributed by atoms with Gasteiger partial charge >= 0.3 is 0 Å². The van der Waals surface area contributed by atoms with Gasteiger partial charge in [-0.2, -0.15) is 0 Å². The molecule has 0 unspecified atom stereocenters. The van der Waals surface area contributed by atoms with Gasteiger partial charge in [0.2, 0.25) is 0 Å². The van der Waals surface area contributed by atoms with Gasteiger partial charge in [-0.15, -0.1) is 0 Å². The maximum Gasteiger partial charge on any atom is 0.261 e. The molecule has 2 atom stereocenters. The summed E-state index contributed by atoms with van der Waals surface area (Å²) in [5.41, 5.74) is 4.13.